The molecule has 158 valence electrons. The maximum absolute atomic E-state index is 12.4. The molecular formula is C20H22N4O3S3. The van der Waals surface area contributed by atoms with E-state index < -0.39 is 10.0 Å². The number of sulfonamides is 1. The third-order valence-electron chi connectivity index (χ3n) is 3.93. The van der Waals surface area contributed by atoms with Crippen LogP contribution in [0.1, 0.15) is 35.3 Å². The van der Waals surface area contributed by atoms with Gasteiger partial charge < -0.3 is 0 Å². The number of anilines is 1. The molecular weight excluding hydrogens is 440 g/mol. The average Bonchev–Trinajstić information content (AvgIpc) is 3.14. The molecule has 0 saturated carbocycles. The van der Waals surface area contributed by atoms with Crippen LogP contribution in [0.25, 0.3) is 0 Å². The predicted octanol–water partition coefficient (Wildman–Crippen LogP) is 4.08. The second kappa shape index (κ2) is 9.69. The van der Waals surface area contributed by atoms with Crippen molar-refractivity contribution in [1.29, 1.82) is 0 Å². The zero-order chi connectivity index (χ0) is 21.7. The number of nitrogens with one attached hydrogen (secondary N) is 2. The van der Waals surface area contributed by atoms with Gasteiger partial charge in [-0.05, 0) is 50.6 Å². The van der Waals surface area contributed by atoms with Gasteiger partial charge in [-0.15, -0.1) is 10.2 Å². The predicted molar refractivity (Wildman–Crippen MR) is 121 cm³/mol. The van der Waals surface area contributed by atoms with Gasteiger partial charge >= 0.3 is 0 Å². The van der Waals surface area contributed by atoms with Gasteiger partial charge in [-0.25, -0.2) is 13.1 Å². The normalized spacial score (nSPS) is 11.6. The summed E-state index contributed by atoms with van der Waals surface area (Å²) in [6, 6.07) is 13.8. The van der Waals surface area contributed by atoms with Crippen LogP contribution in [-0.2, 0) is 15.8 Å². The van der Waals surface area contributed by atoms with Crippen molar-refractivity contribution in [3.8, 4) is 0 Å². The first-order valence-electron chi connectivity index (χ1n) is 9.18. The minimum atomic E-state index is -3.59. The Labute approximate surface area is 184 Å². The van der Waals surface area contributed by atoms with Crippen LogP contribution in [0.3, 0.4) is 0 Å². The molecule has 0 spiro atoms. The Bertz CT molecular complexity index is 1110. The van der Waals surface area contributed by atoms with Crippen LogP contribution >= 0.6 is 23.1 Å². The van der Waals surface area contributed by atoms with Crippen molar-refractivity contribution >= 4 is 44.2 Å². The van der Waals surface area contributed by atoms with Crippen LogP contribution in [0, 0.1) is 6.92 Å². The standard InChI is InChI=1S/C20H22N4O3S3/c1-13(2)24-30(26,27)17-10-8-16(9-11-17)18(25)21-19-22-23-20(29-19)28-12-15-6-4-14(3)5-7-15/h4-11,13,24H,12H2,1-3H3,(H,21,22,25). The van der Waals surface area contributed by atoms with E-state index in [-0.39, 0.29) is 16.8 Å². The zero-order valence-electron chi connectivity index (χ0n) is 16.7. The largest absolute Gasteiger partial charge is 0.296 e. The number of carbonyl (C=O) groups is 1. The maximum Gasteiger partial charge on any atom is 0.257 e. The molecule has 2 aromatic carbocycles. The second-order valence-corrected chi connectivity index (χ2v) is 10.8. The third kappa shape index (κ3) is 6.11. The number of benzene rings is 2. The van der Waals surface area contributed by atoms with Gasteiger partial charge in [0.25, 0.3) is 5.91 Å². The Hall–Kier alpha value is -2.27. The fourth-order valence-corrected chi connectivity index (χ4v) is 5.44. The van der Waals surface area contributed by atoms with Crippen molar-refractivity contribution in [2.45, 2.75) is 41.8 Å². The Morgan fingerprint density at radius 2 is 1.73 bits per heavy atom. The summed E-state index contributed by atoms with van der Waals surface area (Å²) in [6.45, 7) is 5.54. The topological polar surface area (TPSA) is 101 Å². The van der Waals surface area contributed by atoms with Crippen molar-refractivity contribution in [2.24, 2.45) is 0 Å². The molecule has 10 heteroatoms. The highest BCUT2D eigenvalue weighted by atomic mass is 32.2. The molecule has 3 rings (SSSR count). The quantitative estimate of drug-likeness (QED) is 0.386. The van der Waals surface area contributed by atoms with Gasteiger partial charge in [0.2, 0.25) is 15.2 Å². The number of hydrogen-bond donors (Lipinski definition) is 2. The first-order valence-corrected chi connectivity index (χ1v) is 12.5. The Morgan fingerprint density at radius 3 is 2.37 bits per heavy atom. The molecule has 0 saturated heterocycles. The number of thioether (sulfide) groups is 1. The van der Waals surface area contributed by atoms with E-state index in [9.17, 15) is 13.2 Å². The summed E-state index contributed by atoms with van der Waals surface area (Å²) in [5.74, 6) is 0.394. The molecule has 0 fully saturated rings. The summed E-state index contributed by atoms with van der Waals surface area (Å²) >= 11 is 2.85. The van der Waals surface area contributed by atoms with Crippen molar-refractivity contribution in [1.82, 2.24) is 14.9 Å². The molecule has 0 radical (unpaired) electrons. The number of hydrogen-bond acceptors (Lipinski definition) is 7. The molecule has 2 N–H and O–H groups in total. The van der Waals surface area contributed by atoms with Crippen molar-refractivity contribution in [3.63, 3.8) is 0 Å². The first kappa shape index (κ1) is 22.4. The number of aromatic nitrogens is 2. The van der Waals surface area contributed by atoms with Crippen LogP contribution in [0.4, 0.5) is 5.13 Å². The maximum atomic E-state index is 12.4. The molecule has 0 aliphatic carbocycles. The summed E-state index contributed by atoms with van der Waals surface area (Å²) < 4.78 is 27.6. The van der Waals surface area contributed by atoms with E-state index in [2.05, 4.69) is 44.5 Å². The van der Waals surface area contributed by atoms with E-state index in [0.29, 0.717) is 10.7 Å². The van der Waals surface area contributed by atoms with Gasteiger partial charge in [-0.3, -0.25) is 10.1 Å². The minimum absolute atomic E-state index is 0.110. The van der Waals surface area contributed by atoms with Crippen molar-refractivity contribution < 1.29 is 13.2 Å². The molecule has 30 heavy (non-hydrogen) atoms. The number of amides is 1. The average molecular weight is 463 g/mol. The lowest BCUT2D eigenvalue weighted by atomic mass is 10.2. The van der Waals surface area contributed by atoms with Crippen molar-refractivity contribution in [3.05, 3.63) is 65.2 Å². The fourth-order valence-electron chi connectivity index (χ4n) is 2.48. The van der Waals surface area contributed by atoms with Crippen LogP contribution < -0.4 is 10.0 Å². The number of rotatable bonds is 8. The van der Waals surface area contributed by atoms with E-state index >= 15 is 0 Å². The zero-order valence-corrected chi connectivity index (χ0v) is 19.2. The summed E-state index contributed by atoms with van der Waals surface area (Å²) in [7, 11) is -3.59. The molecule has 7 nitrogen and oxygen atoms in total. The van der Waals surface area contributed by atoms with Gasteiger partial charge in [0, 0.05) is 17.4 Å². The Kier molecular flexibility index (Phi) is 7.24. The highest BCUT2D eigenvalue weighted by Crippen LogP contribution is 2.28. The lowest BCUT2D eigenvalue weighted by Gasteiger charge is -2.09. The number of aryl methyl sites for hydroxylation is 1. The van der Waals surface area contributed by atoms with E-state index in [1.54, 1.807) is 25.6 Å². The van der Waals surface area contributed by atoms with E-state index in [1.165, 1.54) is 46.7 Å². The molecule has 1 amide bonds. The monoisotopic (exact) mass is 462 g/mol. The van der Waals surface area contributed by atoms with Crippen LogP contribution in [0.2, 0.25) is 0 Å². The van der Waals surface area contributed by atoms with Gasteiger partial charge in [-0.2, -0.15) is 0 Å². The highest BCUT2D eigenvalue weighted by molar-refractivity contribution is 8.00. The lowest BCUT2D eigenvalue weighted by Crippen LogP contribution is -2.30. The molecule has 0 atom stereocenters. The van der Waals surface area contributed by atoms with Crippen LogP contribution in [0.15, 0.2) is 57.8 Å². The van der Waals surface area contributed by atoms with Crippen molar-refractivity contribution in [2.75, 3.05) is 5.32 Å². The Balaban J connectivity index is 1.59. The van der Waals surface area contributed by atoms with E-state index in [0.717, 1.165) is 10.1 Å². The van der Waals surface area contributed by atoms with Gasteiger partial charge in [-0.1, -0.05) is 52.9 Å². The van der Waals surface area contributed by atoms with E-state index in [4.69, 9.17) is 0 Å². The molecule has 0 unspecified atom stereocenters. The second-order valence-electron chi connectivity index (χ2n) is 6.90. The van der Waals surface area contributed by atoms with Gasteiger partial charge in [0.05, 0.1) is 4.90 Å². The lowest BCUT2D eigenvalue weighted by molar-refractivity contribution is 0.102. The first-order chi connectivity index (χ1) is 14.2. The highest BCUT2D eigenvalue weighted by Gasteiger charge is 2.16. The smallest absolute Gasteiger partial charge is 0.257 e. The molecule has 0 bridgehead atoms. The van der Waals surface area contributed by atoms with Gasteiger partial charge in [0.15, 0.2) is 4.34 Å². The molecule has 0 aliphatic heterocycles. The third-order valence-corrected chi connectivity index (χ3v) is 7.65. The molecule has 0 aliphatic rings. The summed E-state index contributed by atoms with van der Waals surface area (Å²) in [4.78, 5) is 12.5. The van der Waals surface area contributed by atoms with E-state index in [1.807, 2.05) is 6.92 Å². The SMILES string of the molecule is Cc1ccc(CSc2nnc(NC(=O)c3ccc(S(=O)(=O)NC(C)C)cc3)s2)cc1. The number of carbonyl (C=O) groups excluding carboxylic acids is 1. The summed E-state index contributed by atoms with van der Waals surface area (Å²) in [6.07, 6.45) is 0. The molecule has 1 aromatic heterocycles. The summed E-state index contributed by atoms with van der Waals surface area (Å²) in [5.41, 5.74) is 2.74. The Morgan fingerprint density at radius 1 is 1.07 bits per heavy atom. The molecule has 1 heterocycles. The fraction of sp³-hybridized carbons (Fsp3) is 0.250. The molecule has 3 aromatic rings. The number of nitrogens with zero attached hydrogens (tertiary/aromatic N) is 2. The summed E-state index contributed by atoms with van der Waals surface area (Å²) in [5, 5.41) is 11.2. The minimum Gasteiger partial charge on any atom is -0.296 e. The van der Waals surface area contributed by atoms with Crippen LogP contribution in [-0.4, -0.2) is 30.6 Å². The van der Waals surface area contributed by atoms with Gasteiger partial charge in [0.1, 0.15) is 0 Å². The van der Waals surface area contributed by atoms with Crippen LogP contribution in [0.5, 0.6) is 0 Å².